The minimum Gasteiger partial charge on any atom is -0.477 e. The number of hydrogen-bond donors (Lipinski definition) is 2. The average molecular weight is 277 g/mol. The Hall–Kier alpha value is -2.30. The Labute approximate surface area is 118 Å². The normalized spacial score (nSPS) is 10.9. The Morgan fingerprint density at radius 1 is 1.30 bits per heavy atom. The quantitative estimate of drug-likeness (QED) is 0.593. The molecule has 20 heavy (non-hydrogen) atoms. The highest BCUT2D eigenvalue weighted by atomic mass is 16.5. The van der Waals surface area contributed by atoms with E-state index in [1.165, 1.54) is 6.08 Å². The lowest BCUT2D eigenvalue weighted by Crippen LogP contribution is -2.27. The van der Waals surface area contributed by atoms with Crippen molar-refractivity contribution in [1.29, 1.82) is 0 Å². The summed E-state index contributed by atoms with van der Waals surface area (Å²) in [5.74, 6) is -1.17. The lowest BCUT2D eigenvalue weighted by Gasteiger charge is -2.07. The summed E-state index contributed by atoms with van der Waals surface area (Å²) < 4.78 is 4.96. The molecular weight excluding hydrogens is 258 g/mol. The van der Waals surface area contributed by atoms with Gasteiger partial charge in [0.1, 0.15) is 12.3 Å². The van der Waals surface area contributed by atoms with Crippen molar-refractivity contribution in [2.75, 3.05) is 0 Å². The van der Waals surface area contributed by atoms with Crippen molar-refractivity contribution < 1.29 is 19.4 Å². The van der Waals surface area contributed by atoms with Crippen LogP contribution >= 0.6 is 0 Å². The van der Waals surface area contributed by atoms with Crippen LogP contribution in [-0.2, 0) is 16.1 Å². The first kappa shape index (κ1) is 15.8. The second-order valence-electron chi connectivity index (χ2n) is 4.25. The molecule has 0 bridgehead atoms. The fourth-order valence-corrected chi connectivity index (χ4v) is 1.51. The van der Waals surface area contributed by atoms with E-state index in [9.17, 15) is 9.59 Å². The Balaban J connectivity index is 2.46. The average Bonchev–Trinajstić information content (AvgIpc) is 2.45. The van der Waals surface area contributed by atoms with E-state index < -0.39 is 12.1 Å². The molecule has 2 N–H and O–H groups in total. The summed E-state index contributed by atoms with van der Waals surface area (Å²) in [5.41, 5.74) is 0.700. The summed E-state index contributed by atoms with van der Waals surface area (Å²) in [5, 5.41) is 11.2. The van der Waals surface area contributed by atoms with Gasteiger partial charge in [-0.05, 0) is 18.4 Å². The largest absolute Gasteiger partial charge is 0.477 e. The summed E-state index contributed by atoms with van der Waals surface area (Å²) in [4.78, 5) is 22.5. The summed E-state index contributed by atoms with van der Waals surface area (Å²) in [6, 6.07) is 9.18. The zero-order chi connectivity index (χ0) is 14.8. The topological polar surface area (TPSA) is 75.6 Å². The summed E-state index contributed by atoms with van der Waals surface area (Å²) in [6.45, 7) is 2.12. The van der Waals surface area contributed by atoms with E-state index >= 15 is 0 Å². The number of ether oxygens (including phenoxy) is 1. The second-order valence-corrected chi connectivity index (χ2v) is 4.25. The number of hydrogen-bond acceptors (Lipinski definition) is 3. The molecule has 1 rings (SSSR count). The minimum atomic E-state index is -1.17. The van der Waals surface area contributed by atoms with Gasteiger partial charge in [0, 0.05) is 0 Å². The Morgan fingerprint density at radius 3 is 2.60 bits per heavy atom. The number of carbonyl (C=O) groups is 2. The van der Waals surface area contributed by atoms with E-state index in [1.54, 1.807) is 0 Å². The molecule has 0 saturated carbocycles. The van der Waals surface area contributed by atoms with Crippen molar-refractivity contribution in [3.8, 4) is 0 Å². The number of carbonyl (C=O) groups excluding carboxylic acids is 1. The molecule has 0 unspecified atom stereocenters. The van der Waals surface area contributed by atoms with Crippen molar-refractivity contribution >= 4 is 12.1 Å². The first-order valence-corrected chi connectivity index (χ1v) is 6.54. The number of allylic oxidation sites excluding steroid dienone is 1. The number of aliphatic carboxylic acids is 1. The smallest absolute Gasteiger partial charge is 0.412 e. The van der Waals surface area contributed by atoms with Gasteiger partial charge in [0.05, 0.1) is 0 Å². The van der Waals surface area contributed by atoms with Crippen molar-refractivity contribution in [2.45, 2.75) is 32.8 Å². The van der Waals surface area contributed by atoms with Crippen molar-refractivity contribution in [3.63, 3.8) is 0 Å². The molecule has 1 aromatic rings. The number of carboxylic acid groups (broad SMARTS) is 1. The van der Waals surface area contributed by atoms with Gasteiger partial charge < -0.3 is 9.84 Å². The molecule has 0 aliphatic carbocycles. The predicted molar refractivity (Wildman–Crippen MR) is 75.0 cm³/mol. The molecular formula is C15H19NO4. The van der Waals surface area contributed by atoms with E-state index in [1.807, 2.05) is 37.3 Å². The third-order valence-corrected chi connectivity index (χ3v) is 2.59. The van der Waals surface area contributed by atoms with Crippen LogP contribution in [0.2, 0.25) is 0 Å². The molecule has 0 aliphatic heterocycles. The van der Waals surface area contributed by atoms with E-state index in [2.05, 4.69) is 5.32 Å². The second kappa shape index (κ2) is 8.74. The lowest BCUT2D eigenvalue weighted by molar-refractivity contribution is -0.133. The Kier molecular flexibility index (Phi) is 6.89. The maximum atomic E-state index is 11.5. The van der Waals surface area contributed by atoms with Crippen molar-refractivity contribution in [3.05, 3.63) is 47.7 Å². The fraction of sp³-hybridized carbons (Fsp3) is 0.333. The van der Waals surface area contributed by atoms with Gasteiger partial charge in [-0.2, -0.15) is 0 Å². The monoisotopic (exact) mass is 277 g/mol. The van der Waals surface area contributed by atoms with Crippen LogP contribution in [0.4, 0.5) is 4.79 Å². The van der Waals surface area contributed by atoms with Gasteiger partial charge in [-0.25, -0.2) is 9.59 Å². The van der Waals surface area contributed by atoms with Gasteiger partial charge in [0.2, 0.25) is 0 Å². The molecule has 0 atom stereocenters. The molecule has 0 spiro atoms. The summed E-state index contributed by atoms with van der Waals surface area (Å²) in [6.07, 6.45) is 3.17. The standard InChI is InChI=1S/C15H19NO4/c1-2-3-5-10-13(14(17)18)16-15(19)20-11-12-8-6-4-7-9-12/h4,6-10H,2-3,5,11H2,1H3,(H,16,19)(H,17,18)/b13-10+. The van der Waals surface area contributed by atoms with E-state index in [0.29, 0.717) is 6.42 Å². The predicted octanol–water partition coefficient (Wildman–Crippen LogP) is 3.07. The Bertz CT molecular complexity index is 468. The molecule has 0 aromatic heterocycles. The molecule has 0 aliphatic rings. The zero-order valence-electron chi connectivity index (χ0n) is 11.5. The third-order valence-electron chi connectivity index (χ3n) is 2.59. The van der Waals surface area contributed by atoms with Crippen LogP contribution in [0.5, 0.6) is 0 Å². The van der Waals surface area contributed by atoms with Crippen LogP contribution < -0.4 is 5.32 Å². The van der Waals surface area contributed by atoms with Gasteiger partial charge in [0.15, 0.2) is 0 Å². The summed E-state index contributed by atoms with van der Waals surface area (Å²) >= 11 is 0. The van der Waals surface area contributed by atoms with Crippen LogP contribution in [0, 0.1) is 0 Å². The zero-order valence-corrected chi connectivity index (χ0v) is 11.5. The van der Waals surface area contributed by atoms with Crippen LogP contribution in [0.15, 0.2) is 42.1 Å². The highest BCUT2D eigenvalue weighted by molar-refractivity contribution is 5.90. The molecule has 5 heteroatoms. The van der Waals surface area contributed by atoms with Gasteiger partial charge in [0.25, 0.3) is 0 Å². The molecule has 1 amide bonds. The van der Waals surface area contributed by atoms with Crippen LogP contribution in [0.1, 0.15) is 31.7 Å². The van der Waals surface area contributed by atoms with Crippen molar-refractivity contribution in [1.82, 2.24) is 5.32 Å². The number of nitrogens with one attached hydrogen (secondary N) is 1. The highest BCUT2D eigenvalue weighted by Gasteiger charge is 2.11. The lowest BCUT2D eigenvalue weighted by atomic mass is 10.2. The van der Waals surface area contributed by atoms with Gasteiger partial charge in [-0.1, -0.05) is 49.8 Å². The number of amides is 1. The highest BCUT2D eigenvalue weighted by Crippen LogP contribution is 2.03. The number of alkyl carbamates (subject to hydrolysis) is 1. The van der Waals surface area contributed by atoms with Crippen LogP contribution in [0.3, 0.4) is 0 Å². The van der Waals surface area contributed by atoms with Crippen LogP contribution in [0.25, 0.3) is 0 Å². The van der Waals surface area contributed by atoms with Gasteiger partial charge in [-0.15, -0.1) is 0 Å². The Morgan fingerprint density at radius 2 is 2.00 bits per heavy atom. The molecule has 0 radical (unpaired) electrons. The summed E-state index contributed by atoms with van der Waals surface area (Å²) in [7, 11) is 0. The maximum absolute atomic E-state index is 11.5. The molecule has 108 valence electrons. The van der Waals surface area contributed by atoms with Crippen LogP contribution in [-0.4, -0.2) is 17.2 Å². The fourth-order valence-electron chi connectivity index (χ4n) is 1.51. The van der Waals surface area contributed by atoms with E-state index in [-0.39, 0.29) is 12.3 Å². The molecule has 5 nitrogen and oxygen atoms in total. The number of benzene rings is 1. The molecule has 0 fully saturated rings. The third kappa shape index (κ3) is 6.04. The van der Waals surface area contributed by atoms with Gasteiger partial charge in [-0.3, -0.25) is 5.32 Å². The van der Waals surface area contributed by atoms with E-state index in [4.69, 9.17) is 9.84 Å². The minimum absolute atomic E-state index is 0.106. The van der Waals surface area contributed by atoms with Gasteiger partial charge >= 0.3 is 12.1 Å². The first-order chi connectivity index (χ1) is 9.63. The number of rotatable bonds is 7. The van der Waals surface area contributed by atoms with E-state index in [0.717, 1.165) is 18.4 Å². The first-order valence-electron chi connectivity index (χ1n) is 6.54. The SMILES string of the molecule is CCCC/C=C(/NC(=O)OCc1ccccc1)C(=O)O. The van der Waals surface area contributed by atoms with Crippen molar-refractivity contribution in [2.24, 2.45) is 0 Å². The number of carboxylic acids is 1. The maximum Gasteiger partial charge on any atom is 0.412 e. The molecule has 0 heterocycles. The molecule has 0 saturated heterocycles. The molecule has 1 aromatic carbocycles. The number of unbranched alkanes of at least 4 members (excludes halogenated alkanes) is 2.